The number of nitrogens with zero attached hydrogens (tertiary/aromatic N) is 2. The molecule has 2 aromatic heterocycles. The topological polar surface area (TPSA) is 92.4 Å². The lowest BCUT2D eigenvalue weighted by molar-refractivity contribution is 0.415. The molecule has 0 saturated heterocycles. The molecule has 1 N–H and O–H groups in total. The molecule has 3 aromatic rings. The van der Waals surface area contributed by atoms with Gasteiger partial charge < -0.3 is 4.74 Å². The van der Waals surface area contributed by atoms with Gasteiger partial charge in [-0.05, 0) is 49.4 Å². The summed E-state index contributed by atoms with van der Waals surface area (Å²) in [7, 11) is -2.15. The molecular formula is C17H17N3O4S2. The van der Waals surface area contributed by atoms with Crippen LogP contribution in [0.3, 0.4) is 0 Å². The zero-order valence-corrected chi connectivity index (χ0v) is 15.8. The Morgan fingerprint density at radius 1 is 1.12 bits per heavy atom. The minimum atomic E-state index is -3.71. The van der Waals surface area contributed by atoms with Crippen molar-refractivity contribution >= 4 is 27.0 Å². The molecular weight excluding hydrogens is 374 g/mol. The monoisotopic (exact) mass is 391 g/mol. The number of nitrogens with one attached hydrogen (secondary N) is 1. The van der Waals surface area contributed by atoms with Gasteiger partial charge in [0.2, 0.25) is 0 Å². The van der Waals surface area contributed by atoms with Crippen LogP contribution in [0.2, 0.25) is 0 Å². The zero-order chi connectivity index (χ0) is 18.7. The van der Waals surface area contributed by atoms with E-state index in [1.54, 1.807) is 56.5 Å². The molecule has 3 rings (SSSR count). The maximum Gasteiger partial charge on any atom is 0.273 e. The van der Waals surface area contributed by atoms with E-state index in [0.29, 0.717) is 28.6 Å². The summed E-state index contributed by atoms with van der Waals surface area (Å²) >= 11 is 1.11. The highest BCUT2D eigenvalue weighted by Crippen LogP contribution is 2.33. The van der Waals surface area contributed by atoms with Gasteiger partial charge in [-0.3, -0.25) is 9.10 Å². The molecule has 2 heterocycles. The highest BCUT2D eigenvalue weighted by molar-refractivity contribution is 7.94. The van der Waals surface area contributed by atoms with Gasteiger partial charge in [0.15, 0.2) is 0 Å². The third-order valence-corrected chi connectivity index (χ3v) is 7.18. The van der Waals surface area contributed by atoms with Crippen LogP contribution in [0.5, 0.6) is 5.75 Å². The third kappa shape index (κ3) is 3.49. The van der Waals surface area contributed by atoms with Gasteiger partial charge in [-0.2, -0.15) is 5.10 Å². The van der Waals surface area contributed by atoms with Gasteiger partial charge in [-0.15, -0.1) is 11.3 Å². The smallest absolute Gasteiger partial charge is 0.273 e. The molecule has 1 aromatic carbocycles. The van der Waals surface area contributed by atoms with Crippen LogP contribution in [0.25, 0.3) is 10.6 Å². The molecule has 0 atom stereocenters. The van der Waals surface area contributed by atoms with Gasteiger partial charge in [0.1, 0.15) is 15.7 Å². The predicted molar refractivity (Wildman–Crippen MR) is 101 cm³/mol. The van der Waals surface area contributed by atoms with Crippen LogP contribution in [0, 0.1) is 0 Å². The molecule has 0 fully saturated rings. The molecule has 26 heavy (non-hydrogen) atoms. The van der Waals surface area contributed by atoms with Crippen molar-refractivity contribution in [1.29, 1.82) is 0 Å². The number of rotatable bonds is 6. The number of H-pyrrole nitrogens is 1. The Bertz CT molecular complexity index is 1040. The van der Waals surface area contributed by atoms with E-state index in [1.165, 1.54) is 10.4 Å². The second-order valence-corrected chi connectivity index (χ2v) is 8.47. The van der Waals surface area contributed by atoms with Crippen molar-refractivity contribution in [2.45, 2.75) is 11.1 Å². The molecule has 9 heteroatoms. The number of sulfonamides is 1. The largest absolute Gasteiger partial charge is 0.497 e. The molecule has 136 valence electrons. The quantitative estimate of drug-likeness (QED) is 0.697. The van der Waals surface area contributed by atoms with Crippen molar-refractivity contribution < 1.29 is 13.2 Å². The van der Waals surface area contributed by atoms with Crippen LogP contribution in [-0.2, 0) is 10.0 Å². The Hall–Kier alpha value is -2.65. The van der Waals surface area contributed by atoms with E-state index in [1.807, 2.05) is 0 Å². The van der Waals surface area contributed by atoms with Crippen molar-refractivity contribution in [3.8, 4) is 16.3 Å². The third-order valence-electron chi connectivity index (χ3n) is 3.70. The van der Waals surface area contributed by atoms with Crippen molar-refractivity contribution in [2.24, 2.45) is 0 Å². The van der Waals surface area contributed by atoms with Crippen LogP contribution in [0.15, 0.2) is 57.5 Å². The molecule has 0 saturated carbocycles. The van der Waals surface area contributed by atoms with Crippen LogP contribution >= 0.6 is 11.3 Å². The molecule has 7 nitrogen and oxygen atoms in total. The van der Waals surface area contributed by atoms with E-state index < -0.39 is 10.0 Å². The lowest BCUT2D eigenvalue weighted by atomic mass is 10.3. The van der Waals surface area contributed by atoms with Crippen LogP contribution < -0.4 is 14.6 Å². The number of ether oxygens (including phenoxy) is 1. The van der Waals surface area contributed by atoms with E-state index in [-0.39, 0.29) is 9.77 Å². The standard InChI is InChI=1S/C17H17N3O4S2/c1-3-20(12-4-6-13(24-2)7-5-12)26(22,23)17-11-9-15(25-17)14-8-10-16(21)19-18-14/h4-11H,3H2,1-2H3,(H,19,21). The van der Waals surface area contributed by atoms with Gasteiger partial charge in [-0.25, -0.2) is 13.5 Å². The van der Waals surface area contributed by atoms with Crippen LogP contribution in [-0.4, -0.2) is 32.3 Å². The van der Waals surface area contributed by atoms with Crippen molar-refractivity contribution in [2.75, 3.05) is 18.0 Å². The number of thiophene rings is 1. The van der Waals surface area contributed by atoms with E-state index in [0.717, 1.165) is 11.3 Å². The lowest BCUT2D eigenvalue weighted by Crippen LogP contribution is -2.30. The fourth-order valence-corrected chi connectivity index (χ4v) is 5.29. The summed E-state index contributed by atoms with van der Waals surface area (Å²) in [5, 5.41) is 6.28. The Kier molecular flexibility index (Phi) is 5.10. The van der Waals surface area contributed by atoms with E-state index >= 15 is 0 Å². The molecule has 0 aliphatic carbocycles. The summed E-state index contributed by atoms with van der Waals surface area (Å²) in [6.07, 6.45) is 0. The Labute approximate surface area is 154 Å². The number of benzene rings is 1. The highest BCUT2D eigenvalue weighted by Gasteiger charge is 2.26. The summed E-state index contributed by atoms with van der Waals surface area (Å²) in [5.74, 6) is 0.657. The summed E-state index contributed by atoms with van der Waals surface area (Å²) in [6.45, 7) is 2.07. The van der Waals surface area contributed by atoms with E-state index in [2.05, 4.69) is 10.2 Å². The zero-order valence-electron chi connectivity index (χ0n) is 14.2. The van der Waals surface area contributed by atoms with Crippen LogP contribution in [0.1, 0.15) is 6.92 Å². The molecule has 0 unspecified atom stereocenters. The Balaban J connectivity index is 1.95. The molecule has 0 bridgehead atoms. The van der Waals surface area contributed by atoms with Crippen molar-refractivity contribution in [1.82, 2.24) is 10.2 Å². The minimum absolute atomic E-state index is 0.207. The number of methoxy groups -OCH3 is 1. The van der Waals surface area contributed by atoms with Crippen LogP contribution in [0.4, 0.5) is 5.69 Å². The second-order valence-electron chi connectivity index (χ2n) is 5.29. The fourth-order valence-electron chi connectivity index (χ4n) is 2.43. The maximum absolute atomic E-state index is 13.0. The van der Waals surface area contributed by atoms with Gasteiger partial charge in [0, 0.05) is 12.6 Å². The first-order valence-electron chi connectivity index (χ1n) is 7.78. The SMILES string of the molecule is CCN(c1ccc(OC)cc1)S(=O)(=O)c1ccc(-c2ccc(=O)[nH]n2)s1. The maximum atomic E-state index is 13.0. The first-order chi connectivity index (χ1) is 12.5. The first-order valence-corrected chi connectivity index (χ1v) is 10.0. The molecule has 0 aliphatic heterocycles. The number of aromatic nitrogens is 2. The summed E-state index contributed by atoms with van der Waals surface area (Å²) in [6, 6.07) is 13.0. The average molecular weight is 391 g/mol. The highest BCUT2D eigenvalue weighted by atomic mass is 32.2. The predicted octanol–water partition coefficient (Wildman–Crippen LogP) is 2.72. The van der Waals surface area contributed by atoms with Crippen molar-refractivity contribution in [3.05, 3.63) is 58.9 Å². The van der Waals surface area contributed by atoms with Gasteiger partial charge in [0.05, 0.1) is 17.7 Å². The number of aromatic amines is 1. The molecule has 0 aliphatic rings. The number of hydrogen-bond donors (Lipinski definition) is 1. The minimum Gasteiger partial charge on any atom is -0.497 e. The average Bonchev–Trinajstić information content (AvgIpc) is 3.14. The summed E-state index contributed by atoms with van der Waals surface area (Å²) < 4.78 is 32.7. The second kappa shape index (κ2) is 7.30. The molecule has 0 amide bonds. The molecule has 0 radical (unpaired) electrons. The van der Waals surface area contributed by atoms with Gasteiger partial charge >= 0.3 is 0 Å². The van der Waals surface area contributed by atoms with Crippen molar-refractivity contribution in [3.63, 3.8) is 0 Å². The normalized spacial score (nSPS) is 11.3. The summed E-state index contributed by atoms with van der Waals surface area (Å²) in [4.78, 5) is 11.8. The fraction of sp³-hybridized carbons (Fsp3) is 0.176. The number of anilines is 1. The van der Waals surface area contributed by atoms with E-state index in [9.17, 15) is 13.2 Å². The Morgan fingerprint density at radius 3 is 2.42 bits per heavy atom. The van der Waals surface area contributed by atoms with Gasteiger partial charge in [0.25, 0.3) is 15.6 Å². The Morgan fingerprint density at radius 2 is 1.85 bits per heavy atom. The molecule has 0 spiro atoms. The lowest BCUT2D eigenvalue weighted by Gasteiger charge is -2.22. The summed E-state index contributed by atoms with van der Waals surface area (Å²) in [5.41, 5.74) is 0.767. The van der Waals surface area contributed by atoms with Gasteiger partial charge in [-0.1, -0.05) is 0 Å². The first kappa shape index (κ1) is 18.2. The number of hydrogen-bond acceptors (Lipinski definition) is 6. The van der Waals surface area contributed by atoms with E-state index in [4.69, 9.17) is 4.74 Å².